The van der Waals surface area contributed by atoms with Gasteiger partial charge in [-0.3, -0.25) is 14.5 Å². The molecule has 2 aliphatic rings. The van der Waals surface area contributed by atoms with Crippen LogP contribution in [-0.4, -0.2) is 80.6 Å². The number of sulfonamides is 1. The number of carbonyl (C=O) groups excluding carboxylic acids is 2. The Balaban J connectivity index is 1.68. The van der Waals surface area contributed by atoms with Crippen molar-refractivity contribution in [2.24, 2.45) is 0 Å². The van der Waals surface area contributed by atoms with Crippen molar-refractivity contribution in [3.05, 3.63) is 35.9 Å². The van der Waals surface area contributed by atoms with Gasteiger partial charge in [0.05, 0.1) is 11.8 Å². The highest BCUT2D eigenvalue weighted by molar-refractivity contribution is 7.89. The number of rotatable bonds is 6. The molecule has 148 valence electrons. The molecular formula is C18H25N3O5S. The quantitative estimate of drug-likeness (QED) is 0.685. The minimum atomic E-state index is -3.62. The largest absolute Gasteiger partial charge is 0.385 e. The van der Waals surface area contributed by atoms with E-state index in [4.69, 9.17) is 4.74 Å². The summed E-state index contributed by atoms with van der Waals surface area (Å²) in [7, 11) is -2.08. The summed E-state index contributed by atoms with van der Waals surface area (Å²) in [5, 5.41) is 2.96. The fraction of sp³-hybridized carbons (Fsp3) is 0.556. The van der Waals surface area contributed by atoms with Gasteiger partial charge in [-0.2, -0.15) is 0 Å². The van der Waals surface area contributed by atoms with E-state index < -0.39 is 22.0 Å². The molecule has 0 unspecified atom stereocenters. The number of carbonyl (C=O) groups is 2. The Morgan fingerprint density at radius 2 is 2.04 bits per heavy atom. The minimum Gasteiger partial charge on any atom is -0.385 e. The molecule has 0 aliphatic carbocycles. The van der Waals surface area contributed by atoms with Crippen molar-refractivity contribution in [3.8, 4) is 0 Å². The molecule has 0 aromatic heterocycles. The summed E-state index contributed by atoms with van der Waals surface area (Å²) < 4.78 is 30.9. The number of benzene rings is 1. The summed E-state index contributed by atoms with van der Waals surface area (Å²) in [6.07, 6.45) is 0.871. The van der Waals surface area contributed by atoms with Crippen molar-refractivity contribution in [1.29, 1.82) is 0 Å². The smallest absolute Gasteiger partial charge is 0.253 e. The third-order valence-corrected chi connectivity index (χ3v) is 6.72. The highest BCUT2D eigenvalue weighted by atomic mass is 32.2. The lowest BCUT2D eigenvalue weighted by Crippen LogP contribution is -2.44. The average Bonchev–Trinajstić information content (AvgIpc) is 3.03. The molecule has 8 nitrogen and oxygen atoms in total. The van der Waals surface area contributed by atoms with Crippen LogP contribution >= 0.6 is 0 Å². The number of nitrogens with one attached hydrogen (secondary N) is 1. The normalized spacial score (nSPS) is 25.1. The monoisotopic (exact) mass is 395 g/mol. The Morgan fingerprint density at radius 3 is 2.74 bits per heavy atom. The Hall–Kier alpha value is -1.97. The molecule has 0 bridgehead atoms. The number of hydrogen-bond acceptors (Lipinski definition) is 6. The van der Waals surface area contributed by atoms with Crippen LogP contribution in [0.4, 0.5) is 0 Å². The number of fused-ring (bicyclic) bond motifs is 1. The second-order valence-corrected chi connectivity index (χ2v) is 8.87. The number of methoxy groups -OCH3 is 1. The predicted octanol–water partition coefficient (Wildman–Crippen LogP) is 0.0678. The fourth-order valence-electron chi connectivity index (χ4n) is 3.62. The van der Waals surface area contributed by atoms with E-state index in [9.17, 15) is 18.0 Å². The van der Waals surface area contributed by atoms with Gasteiger partial charge in [0.1, 0.15) is 0 Å². The van der Waals surface area contributed by atoms with E-state index in [1.165, 1.54) is 7.11 Å². The first-order valence-corrected chi connectivity index (χ1v) is 10.7. The lowest BCUT2D eigenvalue weighted by Gasteiger charge is -2.23. The molecule has 2 heterocycles. The van der Waals surface area contributed by atoms with Crippen LogP contribution in [0.15, 0.2) is 30.3 Å². The number of nitrogens with zero attached hydrogens (tertiary/aromatic N) is 2. The lowest BCUT2D eigenvalue weighted by molar-refractivity contribution is -0.130. The van der Waals surface area contributed by atoms with Gasteiger partial charge in [-0.25, -0.2) is 12.7 Å². The van der Waals surface area contributed by atoms with E-state index in [1.54, 1.807) is 24.3 Å². The van der Waals surface area contributed by atoms with Crippen molar-refractivity contribution in [2.45, 2.75) is 24.9 Å². The first-order chi connectivity index (χ1) is 12.9. The van der Waals surface area contributed by atoms with Crippen LogP contribution in [0.3, 0.4) is 0 Å². The van der Waals surface area contributed by atoms with E-state index in [1.807, 2.05) is 11.0 Å². The average molecular weight is 395 g/mol. The van der Waals surface area contributed by atoms with Crippen LogP contribution in [0.1, 0.15) is 23.2 Å². The second-order valence-electron chi connectivity index (χ2n) is 6.86. The zero-order valence-corrected chi connectivity index (χ0v) is 16.2. The zero-order valence-electron chi connectivity index (χ0n) is 15.3. The van der Waals surface area contributed by atoms with Crippen molar-refractivity contribution in [1.82, 2.24) is 14.5 Å². The Morgan fingerprint density at radius 1 is 1.30 bits per heavy atom. The topological polar surface area (TPSA) is 96.0 Å². The molecule has 0 saturated carbocycles. The van der Waals surface area contributed by atoms with Gasteiger partial charge in [0.25, 0.3) is 11.8 Å². The first kappa shape index (κ1) is 19.8. The molecule has 0 spiro atoms. The van der Waals surface area contributed by atoms with Crippen molar-refractivity contribution < 1.29 is 22.7 Å². The summed E-state index contributed by atoms with van der Waals surface area (Å²) in [6, 6.07) is 8.19. The molecule has 1 N–H and O–H groups in total. The van der Waals surface area contributed by atoms with Gasteiger partial charge in [-0.1, -0.05) is 18.2 Å². The first-order valence-electron chi connectivity index (χ1n) is 9.05. The van der Waals surface area contributed by atoms with Gasteiger partial charge in [-0.05, 0) is 25.0 Å². The van der Waals surface area contributed by atoms with Crippen LogP contribution < -0.4 is 5.32 Å². The molecule has 1 aromatic rings. The summed E-state index contributed by atoms with van der Waals surface area (Å²) >= 11 is 0. The van der Waals surface area contributed by atoms with Crippen molar-refractivity contribution in [2.75, 3.05) is 39.1 Å². The van der Waals surface area contributed by atoms with E-state index in [2.05, 4.69) is 5.32 Å². The Kier molecular flexibility index (Phi) is 6.13. The molecule has 1 aromatic carbocycles. The van der Waals surface area contributed by atoms with Gasteiger partial charge in [0.15, 0.2) is 0 Å². The highest BCUT2D eigenvalue weighted by Gasteiger charge is 2.45. The maximum Gasteiger partial charge on any atom is 0.253 e. The highest BCUT2D eigenvalue weighted by Crippen LogP contribution is 2.25. The third kappa shape index (κ3) is 4.48. The number of hydrogen-bond donors (Lipinski definition) is 1. The third-order valence-electron chi connectivity index (χ3n) is 4.99. The standard InChI is InChI=1S/C18H25N3O5S/c1-26-10-5-8-21-18(23)16-12-15(13-20(16)9-11-27(21,24)25)19-17(22)14-6-3-2-4-7-14/h2-4,6-7,15-16H,5,8-13H2,1H3,(H,19,22)/t15-,16-/m0/s1. The minimum absolute atomic E-state index is 0.0957. The predicted molar refractivity (Wildman–Crippen MR) is 99.7 cm³/mol. The van der Waals surface area contributed by atoms with Gasteiger partial charge in [0, 0.05) is 45.0 Å². The van der Waals surface area contributed by atoms with Gasteiger partial charge >= 0.3 is 0 Å². The van der Waals surface area contributed by atoms with Crippen LogP contribution in [0, 0.1) is 0 Å². The Bertz CT molecular complexity index is 783. The fourth-order valence-corrected chi connectivity index (χ4v) is 5.11. The summed E-state index contributed by atoms with van der Waals surface area (Å²) in [5.41, 5.74) is 0.565. The SMILES string of the molecule is COCCCN1C(=O)[C@@H]2C[C@H](NC(=O)c3ccccc3)CN2CCS1(=O)=O. The molecule has 2 fully saturated rings. The Labute approximate surface area is 159 Å². The zero-order chi connectivity index (χ0) is 19.4. The molecule has 2 atom stereocenters. The molecule has 9 heteroatoms. The van der Waals surface area contributed by atoms with E-state index in [-0.39, 0.29) is 30.8 Å². The second kappa shape index (κ2) is 8.37. The van der Waals surface area contributed by atoms with E-state index >= 15 is 0 Å². The maximum absolute atomic E-state index is 12.9. The molecule has 0 radical (unpaired) electrons. The molecule has 2 saturated heterocycles. The molecule has 2 amide bonds. The summed E-state index contributed by atoms with van der Waals surface area (Å²) in [6.45, 7) is 1.28. The van der Waals surface area contributed by atoms with E-state index in [0.717, 1.165) is 4.31 Å². The molecular weight excluding hydrogens is 370 g/mol. The summed E-state index contributed by atoms with van der Waals surface area (Å²) in [5.74, 6) is -0.683. The van der Waals surface area contributed by atoms with E-state index in [0.29, 0.717) is 31.6 Å². The van der Waals surface area contributed by atoms with Gasteiger partial charge < -0.3 is 10.1 Å². The van der Waals surface area contributed by atoms with Crippen LogP contribution in [0.5, 0.6) is 0 Å². The molecule has 3 rings (SSSR count). The lowest BCUT2D eigenvalue weighted by atomic mass is 10.1. The molecule has 27 heavy (non-hydrogen) atoms. The maximum atomic E-state index is 12.9. The van der Waals surface area contributed by atoms with Gasteiger partial charge in [0.2, 0.25) is 10.0 Å². The number of amides is 2. The summed E-state index contributed by atoms with van der Waals surface area (Å²) in [4.78, 5) is 27.1. The van der Waals surface area contributed by atoms with Gasteiger partial charge in [-0.15, -0.1) is 0 Å². The van der Waals surface area contributed by atoms with Crippen LogP contribution in [-0.2, 0) is 19.6 Å². The van der Waals surface area contributed by atoms with Crippen molar-refractivity contribution in [3.63, 3.8) is 0 Å². The molecule has 2 aliphatic heterocycles. The van der Waals surface area contributed by atoms with Crippen LogP contribution in [0.25, 0.3) is 0 Å². The van der Waals surface area contributed by atoms with Crippen molar-refractivity contribution >= 4 is 21.8 Å². The number of ether oxygens (including phenoxy) is 1. The van der Waals surface area contributed by atoms with Crippen LogP contribution in [0.2, 0.25) is 0 Å².